The molecule has 1 aromatic carbocycles. The molecule has 0 aliphatic heterocycles. The number of aromatic nitrogens is 2. The van der Waals surface area contributed by atoms with Gasteiger partial charge in [0.2, 0.25) is 0 Å². The summed E-state index contributed by atoms with van der Waals surface area (Å²) in [6.45, 7) is 3.98. The van der Waals surface area contributed by atoms with Crippen LogP contribution in [0, 0.1) is 24.2 Å². The lowest BCUT2D eigenvalue weighted by atomic mass is 10.2. The number of nitriles is 1. The van der Waals surface area contributed by atoms with E-state index in [9.17, 15) is 0 Å². The highest BCUT2D eigenvalue weighted by Crippen LogP contribution is 2.21. The summed E-state index contributed by atoms with van der Waals surface area (Å²) in [6.07, 6.45) is 0. The Kier molecular flexibility index (Phi) is 3.16. The summed E-state index contributed by atoms with van der Waals surface area (Å²) in [5.41, 5.74) is 3.27. The van der Waals surface area contributed by atoms with E-state index in [-0.39, 0.29) is 5.92 Å². The number of nitrogens with zero attached hydrogens (tertiary/aromatic N) is 2. The van der Waals surface area contributed by atoms with Crippen molar-refractivity contribution in [1.29, 1.82) is 5.26 Å². The number of fused-ring (bicyclic) bond motifs is 1. The van der Waals surface area contributed by atoms with Crippen LogP contribution >= 0.6 is 11.8 Å². The highest BCUT2D eigenvalue weighted by molar-refractivity contribution is 7.99. The van der Waals surface area contributed by atoms with Crippen LogP contribution in [0.5, 0.6) is 0 Å². The molecule has 1 atom stereocenters. The third-order valence-corrected chi connectivity index (χ3v) is 3.44. The summed E-state index contributed by atoms with van der Waals surface area (Å²) < 4.78 is 0. The van der Waals surface area contributed by atoms with Crippen molar-refractivity contribution in [3.8, 4) is 6.07 Å². The summed E-state index contributed by atoms with van der Waals surface area (Å²) >= 11 is 1.60. The first kappa shape index (κ1) is 11.0. The molecular formula is C12H13N3S. The van der Waals surface area contributed by atoms with Gasteiger partial charge in [-0.25, -0.2) is 4.98 Å². The van der Waals surface area contributed by atoms with Crippen LogP contribution in [-0.4, -0.2) is 15.7 Å². The fraction of sp³-hybridized carbons (Fsp3) is 0.333. The van der Waals surface area contributed by atoms with Crippen molar-refractivity contribution in [3.63, 3.8) is 0 Å². The topological polar surface area (TPSA) is 52.5 Å². The third kappa shape index (κ3) is 2.37. The first-order valence-corrected chi connectivity index (χ1v) is 6.16. The average molecular weight is 231 g/mol. The maximum Gasteiger partial charge on any atom is 0.166 e. The predicted octanol–water partition coefficient (Wildman–Crippen LogP) is 3.12. The van der Waals surface area contributed by atoms with E-state index >= 15 is 0 Å². The molecular weight excluding hydrogens is 218 g/mol. The van der Waals surface area contributed by atoms with Gasteiger partial charge in [0.1, 0.15) is 0 Å². The van der Waals surface area contributed by atoms with Gasteiger partial charge in [-0.1, -0.05) is 17.8 Å². The Morgan fingerprint density at radius 1 is 1.56 bits per heavy atom. The second-order valence-electron chi connectivity index (χ2n) is 3.90. The molecule has 2 aromatic rings. The highest BCUT2D eigenvalue weighted by atomic mass is 32.2. The van der Waals surface area contributed by atoms with E-state index in [2.05, 4.69) is 35.1 Å². The smallest absolute Gasteiger partial charge is 0.166 e. The van der Waals surface area contributed by atoms with Gasteiger partial charge >= 0.3 is 0 Å². The van der Waals surface area contributed by atoms with E-state index in [0.717, 1.165) is 21.9 Å². The molecule has 4 heteroatoms. The summed E-state index contributed by atoms with van der Waals surface area (Å²) in [4.78, 5) is 7.72. The van der Waals surface area contributed by atoms with Crippen LogP contribution in [0.15, 0.2) is 23.4 Å². The molecule has 0 spiro atoms. The van der Waals surface area contributed by atoms with Crippen molar-refractivity contribution in [3.05, 3.63) is 23.8 Å². The molecule has 0 bridgehead atoms. The molecule has 0 radical (unpaired) electrons. The Balaban J connectivity index is 2.17. The molecule has 2 rings (SSSR count). The first-order valence-electron chi connectivity index (χ1n) is 5.18. The number of hydrogen-bond donors (Lipinski definition) is 1. The van der Waals surface area contributed by atoms with Crippen molar-refractivity contribution < 1.29 is 0 Å². The van der Waals surface area contributed by atoms with Crippen LogP contribution in [0.1, 0.15) is 12.5 Å². The fourth-order valence-corrected chi connectivity index (χ4v) is 2.24. The van der Waals surface area contributed by atoms with Gasteiger partial charge in [-0.2, -0.15) is 5.26 Å². The Morgan fingerprint density at radius 2 is 2.38 bits per heavy atom. The molecule has 0 saturated carbocycles. The van der Waals surface area contributed by atoms with E-state index in [1.807, 2.05) is 13.0 Å². The molecule has 0 amide bonds. The van der Waals surface area contributed by atoms with Gasteiger partial charge in [0.15, 0.2) is 5.16 Å². The highest BCUT2D eigenvalue weighted by Gasteiger charge is 2.06. The van der Waals surface area contributed by atoms with Crippen LogP contribution in [0.3, 0.4) is 0 Å². The lowest BCUT2D eigenvalue weighted by Crippen LogP contribution is -1.93. The van der Waals surface area contributed by atoms with Gasteiger partial charge in [-0.3, -0.25) is 0 Å². The molecule has 82 valence electrons. The van der Waals surface area contributed by atoms with Crippen molar-refractivity contribution in [2.24, 2.45) is 5.92 Å². The predicted molar refractivity (Wildman–Crippen MR) is 66.3 cm³/mol. The molecule has 0 saturated heterocycles. The number of rotatable bonds is 3. The zero-order valence-electron chi connectivity index (χ0n) is 9.32. The summed E-state index contributed by atoms with van der Waals surface area (Å²) in [5, 5.41) is 9.59. The molecule has 1 heterocycles. The van der Waals surface area contributed by atoms with Gasteiger partial charge in [0, 0.05) is 5.75 Å². The third-order valence-electron chi connectivity index (χ3n) is 2.31. The van der Waals surface area contributed by atoms with E-state index in [1.165, 1.54) is 5.56 Å². The van der Waals surface area contributed by atoms with E-state index in [0.29, 0.717) is 0 Å². The minimum atomic E-state index is 0.0555. The molecule has 0 aliphatic rings. The minimum absolute atomic E-state index is 0.0555. The number of aromatic amines is 1. The van der Waals surface area contributed by atoms with Gasteiger partial charge in [0.05, 0.1) is 23.0 Å². The summed E-state index contributed by atoms with van der Waals surface area (Å²) in [6, 6.07) is 8.36. The van der Waals surface area contributed by atoms with Crippen LogP contribution in [0.2, 0.25) is 0 Å². The number of nitrogens with one attached hydrogen (secondary N) is 1. The van der Waals surface area contributed by atoms with Crippen LogP contribution < -0.4 is 0 Å². The zero-order valence-corrected chi connectivity index (χ0v) is 10.1. The lowest BCUT2D eigenvalue weighted by Gasteiger charge is -1.97. The molecule has 3 nitrogen and oxygen atoms in total. The summed E-state index contributed by atoms with van der Waals surface area (Å²) in [5.74, 6) is 0.829. The van der Waals surface area contributed by atoms with Gasteiger partial charge in [0.25, 0.3) is 0 Å². The number of imidazole rings is 1. The van der Waals surface area contributed by atoms with Crippen LogP contribution in [0.25, 0.3) is 11.0 Å². The Hall–Kier alpha value is -1.47. The quantitative estimate of drug-likeness (QED) is 0.826. The second-order valence-corrected chi connectivity index (χ2v) is 4.91. The molecule has 0 aliphatic carbocycles. The van der Waals surface area contributed by atoms with Crippen LogP contribution in [-0.2, 0) is 0 Å². The molecule has 1 unspecified atom stereocenters. The molecule has 0 fully saturated rings. The second kappa shape index (κ2) is 4.58. The van der Waals surface area contributed by atoms with Gasteiger partial charge < -0.3 is 4.98 Å². The first-order chi connectivity index (χ1) is 7.69. The Morgan fingerprint density at radius 3 is 3.12 bits per heavy atom. The van der Waals surface area contributed by atoms with Gasteiger partial charge in [-0.05, 0) is 31.5 Å². The number of aryl methyl sites for hydroxylation is 1. The SMILES string of the molecule is Cc1ccc2nc(SCC(C)C#N)[nH]c2c1. The Labute approximate surface area is 98.9 Å². The number of benzene rings is 1. The summed E-state index contributed by atoms with van der Waals surface area (Å²) in [7, 11) is 0. The normalized spacial score (nSPS) is 12.6. The largest absolute Gasteiger partial charge is 0.333 e. The lowest BCUT2D eigenvalue weighted by molar-refractivity contribution is 0.860. The van der Waals surface area contributed by atoms with Crippen molar-refractivity contribution in [1.82, 2.24) is 9.97 Å². The van der Waals surface area contributed by atoms with Crippen LogP contribution in [0.4, 0.5) is 0 Å². The minimum Gasteiger partial charge on any atom is -0.333 e. The maximum absolute atomic E-state index is 8.70. The standard InChI is InChI=1S/C12H13N3S/c1-8-3-4-10-11(5-8)15-12(14-10)16-7-9(2)6-13/h3-5,9H,7H2,1-2H3,(H,14,15). The molecule has 1 N–H and O–H groups in total. The van der Waals surface area contributed by atoms with Crippen molar-refractivity contribution in [2.75, 3.05) is 5.75 Å². The average Bonchev–Trinajstić information content (AvgIpc) is 2.67. The zero-order chi connectivity index (χ0) is 11.5. The monoisotopic (exact) mass is 231 g/mol. The van der Waals surface area contributed by atoms with Crippen molar-refractivity contribution >= 4 is 22.8 Å². The molecule has 1 aromatic heterocycles. The molecule has 16 heavy (non-hydrogen) atoms. The van der Waals surface area contributed by atoms with E-state index < -0.39 is 0 Å². The number of thioether (sulfide) groups is 1. The fourth-order valence-electron chi connectivity index (χ4n) is 1.41. The number of hydrogen-bond acceptors (Lipinski definition) is 3. The van der Waals surface area contributed by atoms with Gasteiger partial charge in [-0.15, -0.1) is 0 Å². The van der Waals surface area contributed by atoms with Crippen molar-refractivity contribution in [2.45, 2.75) is 19.0 Å². The maximum atomic E-state index is 8.70. The van der Waals surface area contributed by atoms with E-state index in [1.54, 1.807) is 11.8 Å². The Bertz CT molecular complexity index is 539. The van der Waals surface area contributed by atoms with E-state index in [4.69, 9.17) is 5.26 Å². The number of H-pyrrole nitrogens is 1.